The van der Waals surface area contributed by atoms with Crippen LogP contribution in [0.5, 0.6) is 0 Å². The summed E-state index contributed by atoms with van der Waals surface area (Å²) in [6.45, 7) is 5.39. The molecule has 1 aromatic carbocycles. The minimum absolute atomic E-state index is 0.257. The topological polar surface area (TPSA) is 70.2 Å². The molecule has 0 aliphatic carbocycles. The molecule has 6 nitrogen and oxygen atoms in total. The van der Waals surface area contributed by atoms with Crippen LogP contribution in [0.2, 0.25) is 0 Å². The lowest BCUT2D eigenvalue weighted by Crippen LogP contribution is -2.22. The second-order valence-corrected chi connectivity index (χ2v) is 6.69. The summed E-state index contributed by atoms with van der Waals surface area (Å²) in [4.78, 5) is 23.1. The van der Waals surface area contributed by atoms with Crippen LogP contribution >= 0.6 is 15.9 Å². The molecule has 24 heavy (non-hydrogen) atoms. The van der Waals surface area contributed by atoms with Crippen molar-refractivity contribution in [3.63, 3.8) is 0 Å². The van der Waals surface area contributed by atoms with Crippen LogP contribution in [0.3, 0.4) is 0 Å². The maximum Gasteiger partial charge on any atom is 0.274 e. The zero-order valence-electron chi connectivity index (χ0n) is 14.4. The number of benzene rings is 1. The number of carbonyl (C=O) groups excluding carboxylic acids is 1. The van der Waals surface area contributed by atoms with Gasteiger partial charge in [0.15, 0.2) is 0 Å². The van der Waals surface area contributed by atoms with Crippen LogP contribution in [0.25, 0.3) is 0 Å². The third-order valence-corrected chi connectivity index (χ3v) is 4.22. The summed E-state index contributed by atoms with van der Waals surface area (Å²) in [5, 5.41) is 6.07. The number of hydrogen-bond acceptors (Lipinski definition) is 5. The molecule has 0 unspecified atom stereocenters. The fourth-order valence-electron chi connectivity index (χ4n) is 2.05. The molecule has 0 saturated heterocycles. The van der Waals surface area contributed by atoms with E-state index in [0.717, 1.165) is 28.8 Å². The van der Waals surface area contributed by atoms with Crippen LogP contribution in [0.15, 0.2) is 28.7 Å². The summed E-state index contributed by atoms with van der Waals surface area (Å²) < 4.78 is 0.949. The van der Waals surface area contributed by atoms with Gasteiger partial charge in [-0.3, -0.25) is 4.79 Å². The number of halogens is 1. The monoisotopic (exact) mass is 391 g/mol. The first-order valence-corrected chi connectivity index (χ1v) is 8.46. The van der Waals surface area contributed by atoms with Crippen LogP contribution in [-0.2, 0) is 0 Å². The van der Waals surface area contributed by atoms with Gasteiger partial charge in [0.2, 0.25) is 0 Å². The average molecular weight is 392 g/mol. The molecule has 0 radical (unpaired) electrons. The number of carbonyl (C=O) groups is 1. The molecule has 128 valence electrons. The summed E-state index contributed by atoms with van der Waals surface area (Å²) in [6, 6.07) is 7.35. The third kappa shape index (κ3) is 5.28. The molecule has 0 atom stereocenters. The van der Waals surface area contributed by atoms with Gasteiger partial charge in [-0.25, -0.2) is 9.97 Å². The Bertz CT molecular complexity index is 733. The Morgan fingerprint density at radius 1 is 1.21 bits per heavy atom. The first-order chi connectivity index (χ1) is 11.3. The SMILES string of the molecule is Cc1nc(NCCN(C)C)cc(C(=O)Nc2ccc(C)c(Br)c2)n1. The largest absolute Gasteiger partial charge is 0.369 e. The second-order valence-electron chi connectivity index (χ2n) is 5.83. The summed E-state index contributed by atoms with van der Waals surface area (Å²) in [6.07, 6.45) is 0. The Morgan fingerprint density at radius 2 is 1.96 bits per heavy atom. The Labute approximate surface area is 150 Å². The molecule has 1 heterocycles. The van der Waals surface area contributed by atoms with Crippen LogP contribution in [0.4, 0.5) is 11.5 Å². The molecule has 2 N–H and O–H groups in total. The lowest BCUT2D eigenvalue weighted by atomic mass is 10.2. The second kappa shape index (κ2) is 8.21. The zero-order chi connectivity index (χ0) is 17.7. The van der Waals surface area contributed by atoms with Gasteiger partial charge < -0.3 is 15.5 Å². The van der Waals surface area contributed by atoms with Crippen molar-refractivity contribution in [2.24, 2.45) is 0 Å². The smallest absolute Gasteiger partial charge is 0.274 e. The molecule has 0 bridgehead atoms. The predicted octanol–water partition coefficient (Wildman–Crippen LogP) is 3.08. The van der Waals surface area contributed by atoms with Crippen molar-refractivity contribution in [3.8, 4) is 0 Å². The van der Waals surface area contributed by atoms with E-state index in [0.29, 0.717) is 17.3 Å². The molecule has 0 aliphatic heterocycles. The van der Waals surface area contributed by atoms with Crippen LogP contribution < -0.4 is 10.6 Å². The highest BCUT2D eigenvalue weighted by molar-refractivity contribution is 9.10. The maximum absolute atomic E-state index is 12.4. The molecular weight excluding hydrogens is 370 g/mol. The molecule has 1 amide bonds. The van der Waals surface area contributed by atoms with E-state index in [1.807, 2.05) is 39.2 Å². The van der Waals surface area contributed by atoms with E-state index >= 15 is 0 Å². The standard InChI is InChI=1S/C17H22BrN5O/c1-11-5-6-13(9-14(11)18)22-17(24)15-10-16(21-12(2)20-15)19-7-8-23(3)4/h5-6,9-10H,7-8H2,1-4H3,(H,22,24)(H,19,20,21). The molecule has 7 heteroatoms. The van der Waals surface area contributed by atoms with Gasteiger partial charge in [0.25, 0.3) is 5.91 Å². The normalized spacial score (nSPS) is 10.8. The van der Waals surface area contributed by atoms with E-state index in [4.69, 9.17) is 0 Å². The zero-order valence-corrected chi connectivity index (χ0v) is 15.9. The van der Waals surface area contributed by atoms with Gasteiger partial charge in [0, 0.05) is 29.3 Å². The van der Waals surface area contributed by atoms with Gasteiger partial charge in [-0.15, -0.1) is 0 Å². The number of anilines is 2. The van der Waals surface area contributed by atoms with Crippen molar-refractivity contribution < 1.29 is 4.79 Å². The quantitative estimate of drug-likeness (QED) is 0.791. The van der Waals surface area contributed by atoms with Gasteiger partial charge in [0.1, 0.15) is 17.3 Å². The van der Waals surface area contributed by atoms with Gasteiger partial charge >= 0.3 is 0 Å². The Morgan fingerprint density at radius 3 is 2.62 bits per heavy atom. The Balaban J connectivity index is 2.10. The highest BCUT2D eigenvalue weighted by atomic mass is 79.9. The van der Waals surface area contributed by atoms with E-state index in [2.05, 4.69) is 41.4 Å². The Kier molecular flexibility index (Phi) is 6.28. The highest BCUT2D eigenvalue weighted by Crippen LogP contribution is 2.21. The Hall–Kier alpha value is -1.99. The maximum atomic E-state index is 12.4. The number of likely N-dealkylation sites (N-methyl/N-ethyl adjacent to an activating group) is 1. The molecule has 2 aromatic rings. The molecule has 0 spiro atoms. The minimum Gasteiger partial charge on any atom is -0.369 e. The molecule has 0 fully saturated rings. The predicted molar refractivity (Wildman–Crippen MR) is 101 cm³/mol. The molecule has 1 aromatic heterocycles. The highest BCUT2D eigenvalue weighted by Gasteiger charge is 2.11. The molecule has 0 saturated carbocycles. The molecular formula is C17H22BrN5O. The lowest BCUT2D eigenvalue weighted by molar-refractivity contribution is 0.102. The number of aryl methyl sites for hydroxylation is 2. The van der Waals surface area contributed by atoms with E-state index in [1.54, 1.807) is 13.0 Å². The number of nitrogens with one attached hydrogen (secondary N) is 2. The number of aromatic nitrogens is 2. The van der Waals surface area contributed by atoms with Crippen molar-refractivity contribution in [2.45, 2.75) is 13.8 Å². The molecule has 0 aliphatic rings. The van der Waals surface area contributed by atoms with Crippen LogP contribution in [-0.4, -0.2) is 48.0 Å². The summed E-state index contributed by atoms with van der Waals surface area (Å²) in [5.74, 6) is 0.951. The van der Waals surface area contributed by atoms with Crippen molar-refractivity contribution >= 4 is 33.3 Å². The van der Waals surface area contributed by atoms with E-state index in [1.165, 1.54) is 0 Å². The fourth-order valence-corrected chi connectivity index (χ4v) is 2.43. The summed E-state index contributed by atoms with van der Waals surface area (Å²) in [7, 11) is 4.01. The third-order valence-electron chi connectivity index (χ3n) is 3.37. The first kappa shape index (κ1) is 18.4. The molecule has 2 rings (SSSR count). The van der Waals surface area contributed by atoms with Gasteiger partial charge in [-0.1, -0.05) is 22.0 Å². The van der Waals surface area contributed by atoms with E-state index in [9.17, 15) is 4.79 Å². The van der Waals surface area contributed by atoms with E-state index in [-0.39, 0.29) is 5.91 Å². The number of nitrogens with zero attached hydrogens (tertiary/aromatic N) is 3. The van der Waals surface area contributed by atoms with Gasteiger partial charge in [-0.2, -0.15) is 0 Å². The van der Waals surface area contributed by atoms with Crippen molar-refractivity contribution in [1.82, 2.24) is 14.9 Å². The summed E-state index contributed by atoms with van der Waals surface area (Å²) in [5.41, 5.74) is 2.17. The van der Waals surface area contributed by atoms with Gasteiger partial charge in [0.05, 0.1) is 0 Å². The number of hydrogen-bond donors (Lipinski definition) is 2. The minimum atomic E-state index is -0.257. The number of rotatable bonds is 6. The first-order valence-electron chi connectivity index (χ1n) is 7.67. The lowest BCUT2D eigenvalue weighted by Gasteiger charge is -2.12. The van der Waals surface area contributed by atoms with Crippen molar-refractivity contribution in [3.05, 3.63) is 45.8 Å². The fraction of sp³-hybridized carbons (Fsp3) is 0.353. The summed E-state index contributed by atoms with van der Waals surface area (Å²) >= 11 is 3.46. The van der Waals surface area contributed by atoms with Crippen LogP contribution in [0.1, 0.15) is 21.9 Å². The van der Waals surface area contributed by atoms with E-state index < -0.39 is 0 Å². The number of amides is 1. The van der Waals surface area contributed by atoms with Crippen LogP contribution in [0, 0.1) is 13.8 Å². The van der Waals surface area contributed by atoms with Crippen molar-refractivity contribution in [2.75, 3.05) is 37.8 Å². The van der Waals surface area contributed by atoms with Gasteiger partial charge in [-0.05, 0) is 45.6 Å². The van der Waals surface area contributed by atoms with Crippen molar-refractivity contribution in [1.29, 1.82) is 0 Å². The average Bonchev–Trinajstić information content (AvgIpc) is 2.50.